The summed E-state index contributed by atoms with van der Waals surface area (Å²) in [6, 6.07) is 5.20. The predicted molar refractivity (Wildman–Crippen MR) is 99.9 cm³/mol. The zero-order valence-electron chi connectivity index (χ0n) is 15.5. The number of rotatable bonds is 3. The number of aromatic nitrogens is 4. The highest BCUT2D eigenvalue weighted by atomic mass is 19.1. The first-order valence-corrected chi connectivity index (χ1v) is 8.79. The maximum Gasteiger partial charge on any atom is 0.219 e. The number of fused-ring (bicyclic) bond motifs is 1. The van der Waals surface area contributed by atoms with E-state index < -0.39 is 0 Å². The number of nitrogens with one attached hydrogen (secondary N) is 1. The van der Waals surface area contributed by atoms with Crippen molar-refractivity contribution in [3.05, 3.63) is 47.7 Å². The fourth-order valence-corrected chi connectivity index (χ4v) is 3.50. The molecule has 8 heteroatoms. The molecule has 1 N–H and O–H groups in total. The zero-order valence-corrected chi connectivity index (χ0v) is 15.5. The normalized spacial score (nSPS) is 13.6. The average molecular weight is 368 g/mol. The first kappa shape index (κ1) is 17.3. The van der Waals surface area contributed by atoms with Crippen LogP contribution >= 0.6 is 0 Å². The van der Waals surface area contributed by atoms with Gasteiger partial charge >= 0.3 is 0 Å². The summed E-state index contributed by atoms with van der Waals surface area (Å²) in [5, 5.41) is 11.7. The number of carbonyl (C=O) groups is 1. The van der Waals surface area contributed by atoms with Crippen LogP contribution in [0.4, 0.5) is 15.9 Å². The van der Waals surface area contributed by atoms with Gasteiger partial charge in [0.25, 0.3) is 0 Å². The van der Waals surface area contributed by atoms with E-state index >= 15 is 4.39 Å². The summed E-state index contributed by atoms with van der Waals surface area (Å²) in [6.07, 6.45) is 4.14. The molecule has 140 valence electrons. The van der Waals surface area contributed by atoms with Crippen molar-refractivity contribution < 1.29 is 9.18 Å². The van der Waals surface area contributed by atoms with Crippen molar-refractivity contribution in [2.45, 2.75) is 19.9 Å². The van der Waals surface area contributed by atoms with Crippen LogP contribution in [0.25, 0.3) is 11.1 Å². The highest BCUT2D eigenvalue weighted by molar-refractivity contribution is 5.75. The van der Waals surface area contributed by atoms with Crippen LogP contribution in [0.3, 0.4) is 0 Å². The lowest BCUT2D eigenvalue weighted by atomic mass is 10.1. The van der Waals surface area contributed by atoms with Gasteiger partial charge in [0.05, 0.1) is 18.4 Å². The fraction of sp³-hybridized carbons (Fsp3) is 0.316. The van der Waals surface area contributed by atoms with Gasteiger partial charge in [-0.15, -0.1) is 0 Å². The van der Waals surface area contributed by atoms with E-state index in [0.29, 0.717) is 35.7 Å². The summed E-state index contributed by atoms with van der Waals surface area (Å²) in [5.74, 6) is 0.255. The summed E-state index contributed by atoms with van der Waals surface area (Å²) in [7, 11) is 3.67. The summed E-state index contributed by atoms with van der Waals surface area (Å²) in [6.45, 7) is 2.71. The molecule has 4 rings (SSSR count). The van der Waals surface area contributed by atoms with Gasteiger partial charge in [-0.25, -0.2) is 4.39 Å². The van der Waals surface area contributed by atoms with Crippen molar-refractivity contribution in [3.8, 4) is 11.1 Å². The molecule has 0 saturated heterocycles. The van der Waals surface area contributed by atoms with Gasteiger partial charge in [0.15, 0.2) is 11.6 Å². The van der Waals surface area contributed by atoms with Crippen molar-refractivity contribution >= 4 is 17.4 Å². The molecule has 0 spiro atoms. The fourth-order valence-electron chi connectivity index (χ4n) is 3.50. The first-order chi connectivity index (χ1) is 12.9. The summed E-state index contributed by atoms with van der Waals surface area (Å²) in [5.41, 5.74) is 3.54. The minimum atomic E-state index is -0.357. The molecule has 0 aliphatic carbocycles. The number of hydrogen-bond donors (Lipinski definition) is 1. The van der Waals surface area contributed by atoms with Crippen LogP contribution in [0.1, 0.15) is 18.2 Å². The summed E-state index contributed by atoms with van der Waals surface area (Å²) >= 11 is 0. The molecule has 2 aromatic heterocycles. The second kappa shape index (κ2) is 6.53. The van der Waals surface area contributed by atoms with Crippen LogP contribution in [0.2, 0.25) is 0 Å². The minimum Gasteiger partial charge on any atom is -0.338 e. The summed E-state index contributed by atoms with van der Waals surface area (Å²) in [4.78, 5) is 13.5. The molecule has 0 unspecified atom stereocenters. The minimum absolute atomic E-state index is 0.0280. The largest absolute Gasteiger partial charge is 0.338 e. The van der Waals surface area contributed by atoms with E-state index in [9.17, 15) is 4.79 Å². The Balaban J connectivity index is 1.69. The van der Waals surface area contributed by atoms with Crippen LogP contribution in [-0.2, 0) is 31.9 Å². The quantitative estimate of drug-likeness (QED) is 0.772. The van der Waals surface area contributed by atoms with Crippen molar-refractivity contribution in [2.24, 2.45) is 14.1 Å². The maximum absolute atomic E-state index is 15.1. The number of aryl methyl sites for hydroxylation is 2. The Morgan fingerprint density at radius 1 is 1.30 bits per heavy atom. The highest BCUT2D eigenvalue weighted by Gasteiger charge is 2.26. The van der Waals surface area contributed by atoms with Crippen LogP contribution in [0.5, 0.6) is 0 Å². The Labute approximate surface area is 156 Å². The number of benzene rings is 1. The highest BCUT2D eigenvalue weighted by Crippen LogP contribution is 2.32. The second-order valence-electron chi connectivity index (χ2n) is 6.78. The first-order valence-electron chi connectivity index (χ1n) is 8.79. The molecule has 0 atom stereocenters. The zero-order chi connectivity index (χ0) is 19.1. The Morgan fingerprint density at radius 3 is 2.81 bits per heavy atom. The molecule has 0 saturated carbocycles. The number of nitrogens with zero attached hydrogens (tertiary/aromatic N) is 5. The van der Waals surface area contributed by atoms with E-state index in [1.807, 2.05) is 7.05 Å². The summed E-state index contributed by atoms with van der Waals surface area (Å²) < 4.78 is 18.5. The lowest BCUT2D eigenvalue weighted by Crippen LogP contribution is -2.34. The SMILES string of the molecule is CC(=O)N1CCc2c(c(Nc3cccc(-c4cnn(C)c4)c3F)nn2C)C1. The van der Waals surface area contributed by atoms with Gasteiger partial charge in [0.2, 0.25) is 5.91 Å². The third-order valence-electron chi connectivity index (χ3n) is 4.96. The smallest absolute Gasteiger partial charge is 0.219 e. The van der Waals surface area contributed by atoms with Crippen molar-refractivity contribution in [3.63, 3.8) is 0 Å². The van der Waals surface area contributed by atoms with Gasteiger partial charge in [-0.3, -0.25) is 14.2 Å². The Bertz CT molecular complexity index is 1020. The molecule has 3 aromatic rings. The molecule has 1 aromatic carbocycles. The van der Waals surface area contributed by atoms with E-state index in [1.54, 1.807) is 58.8 Å². The van der Waals surface area contributed by atoms with E-state index in [2.05, 4.69) is 15.5 Å². The number of carbonyl (C=O) groups excluding carboxylic acids is 1. The molecule has 3 heterocycles. The van der Waals surface area contributed by atoms with E-state index in [-0.39, 0.29) is 11.7 Å². The van der Waals surface area contributed by atoms with Crippen molar-refractivity contribution in [1.29, 1.82) is 0 Å². The van der Waals surface area contributed by atoms with Gasteiger partial charge in [0.1, 0.15) is 0 Å². The topological polar surface area (TPSA) is 68.0 Å². The van der Waals surface area contributed by atoms with Crippen molar-refractivity contribution in [2.75, 3.05) is 11.9 Å². The number of anilines is 2. The average Bonchev–Trinajstić information content (AvgIpc) is 3.20. The molecule has 1 amide bonds. The lowest BCUT2D eigenvalue weighted by Gasteiger charge is -2.26. The number of hydrogen-bond acceptors (Lipinski definition) is 4. The second-order valence-corrected chi connectivity index (χ2v) is 6.78. The van der Waals surface area contributed by atoms with Crippen LogP contribution in [0, 0.1) is 5.82 Å². The monoisotopic (exact) mass is 368 g/mol. The third kappa shape index (κ3) is 3.07. The Hall–Kier alpha value is -3.16. The van der Waals surface area contributed by atoms with E-state index in [4.69, 9.17) is 0 Å². The molecular formula is C19H21FN6O. The molecule has 1 aliphatic rings. The number of amides is 1. The third-order valence-corrected chi connectivity index (χ3v) is 4.96. The Morgan fingerprint density at radius 2 is 2.11 bits per heavy atom. The predicted octanol–water partition coefficient (Wildman–Crippen LogP) is 2.61. The van der Waals surface area contributed by atoms with Crippen molar-refractivity contribution in [1.82, 2.24) is 24.5 Å². The number of halogens is 1. The van der Waals surface area contributed by atoms with Gasteiger partial charge in [0, 0.05) is 62.6 Å². The van der Waals surface area contributed by atoms with Crippen LogP contribution < -0.4 is 5.32 Å². The molecule has 0 radical (unpaired) electrons. The van der Waals surface area contributed by atoms with Crippen LogP contribution in [-0.4, -0.2) is 36.9 Å². The standard InChI is InChI=1S/C19H21FN6O/c1-12(27)26-8-7-17-15(11-26)19(23-25(17)3)22-16-6-4-5-14(18(16)20)13-9-21-24(2)10-13/h4-6,9-10H,7-8,11H2,1-3H3,(H,22,23). The molecular weight excluding hydrogens is 347 g/mol. The maximum atomic E-state index is 15.1. The molecule has 7 nitrogen and oxygen atoms in total. The van der Waals surface area contributed by atoms with Crippen LogP contribution in [0.15, 0.2) is 30.6 Å². The van der Waals surface area contributed by atoms with E-state index in [0.717, 1.165) is 17.7 Å². The van der Waals surface area contributed by atoms with Gasteiger partial charge < -0.3 is 10.2 Å². The molecule has 27 heavy (non-hydrogen) atoms. The molecule has 0 bridgehead atoms. The van der Waals surface area contributed by atoms with Gasteiger partial charge in [-0.2, -0.15) is 10.2 Å². The molecule has 0 fully saturated rings. The lowest BCUT2D eigenvalue weighted by molar-refractivity contribution is -0.129. The van der Waals surface area contributed by atoms with E-state index in [1.165, 1.54) is 0 Å². The van der Waals surface area contributed by atoms with Gasteiger partial charge in [-0.1, -0.05) is 12.1 Å². The Kier molecular flexibility index (Phi) is 4.18. The molecule has 1 aliphatic heterocycles. The van der Waals surface area contributed by atoms with Gasteiger partial charge in [-0.05, 0) is 6.07 Å².